The zero-order chi connectivity index (χ0) is 14.8. The van der Waals surface area contributed by atoms with Gasteiger partial charge < -0.3 is 15.5 Å². The Balaban J connectivity index is 2.01. The van der Waals surface area contributed by atoms with E-state index in [9.17, 15) is 15.0 Å². The van der Waals surface area contributed by atoms with E-state index in [1.54, 1.807) is 6.07 Å². The van der Waals surface area contributed by atoms with Gasteiger partial charge in [0.1, 0.15) is 5.82 Å². The molecule has 0 radical (unpaired) electrons. The average Bonchev–Trinajstić information content (AvgIpc) is 2.94. The molecule has 110 valence electrons. The molecule has 3 rings (SSSR count). The first-order chi connectivity index (χ1) is 10.2. The molecule has 1 saturated carbocycles. The minimum Gasteiger partial charge on any atom is -0.477 e. The van der Waals surface area contributed by atoms with Gasteiger partial charge in [0, 0.05) is 24.0 Å². The van der Waals surface area contributed by atoms with Gasteiger partial charge in [-0.05, 0) is 24.3 Å². The van der Waals surface area contributed by atoms with Crippen LogP contribution in [0, 0.1) is 5.92 Å². The first-order valence-electron chi connectivity index (χ1n) is 7.19. The standard InChI is InChI=1S/C16H18N2O3/c19-9-11-5-3-7-13(11)17-15-12-6-2-1-4-10(12)8-14(18-15)16(20)21/h1-2,4,6,8,11,13,19H,3,5,7,9H2,(H,17,18)(H,20,21). The van der Waals surface area contributed by atoms with Crippen molar-refractivity contribution in [3.63, 3.8) is 0 Å². The number of aliphatic hydroxyl groups is 1. The number of carbonyl (C=O) groups is 1. The van der Waals surface area contributed by atoms with Crippen molar-refractivity contribution < 1.29 is 15.0 Å². The number of aromatic nitrogens is 1. The maximum absolute atomic E-state index is 11.2. The number of fused-ring (bicyclic) bond motifs is 1. The molecule has 1 aliphatic carbocycles. The van der Waals surface area contributed by atoms with E-state index in [-0.39, 0.29) is 24.3 Å². The van der Waals surface area contributed by atoms with Crippen molar-refractivity contribution in [3.8, 4) is 0 Å². The summed E-state index contributed by atoms with van der Waals surface area (Å²) >= 11 is 0. The molecule has 0 saturated heterocycles. The number of aliphatic hydroxyl groups excluding tert-OH is 1. The highest BCUT2D eigenvalue weighted by molar-refractivity contribution is 5.97. The molecule has 2 atom stereocenters. The van der Waals surface area contributed by atoms with Gasteiger partial charge in [-0.3, -0.25) is 0 Å². The van der Waals surface area contributed by atoms with Crippen LogP contribution in [0.2, 0.25) is 0 Å². The van der Waals surface area contributed by atoms with Crippen LogP contribution >= 0.6 is 0 Å². The second-order valence-corrected chi connectivity index (χ2v) is 5.51. The lowest BCUT2D eigenvalue weighted by Gasteiger charge is -2.21. The molecule has 3 N–H and O–H groups in total. The third-order valence-electron chi connectivity index (χ3n) is 4.18. The minimum atomic E-state index is -1.03. The minimum absolute atomic E-state index is 0.0368. The molecule has 1 fully saturated rings. The van der Waals surface area contributed by atoms with Crippen molar-refractivity contribution in [2.75, 3.05) is 11.9 Å². The quantitative estimate of drug-likeness (QED) is 0.804. The number of carboxylic acid groups (broad SMARTS) is 1. The molecule has 0 bridgehead atoms. The largest absolute Gasteiger partial charge is 0.477 e. The third kappa shape index (κ3) is 2.69. The van der Waals surface area contributed by atoms with E-state index in [0.717, 1.165) is 30.0 Å². The topological polar surface area (TPSA) is 82.5 Å². The first-order valence-corrected chi connectivity index (χ1v) is 7.19. The van der Waals surface area contributed by atoms with Crippen molar-refractivity contribution in [1.29, 1.82) is 0 Å². The van der Waals surface area contributed by atoms with E-state index < -0.39 is 5.97 Å². The molecular weight excluding hydrogens is 268 g/mol. The second-order valence-electron chi connectivity index (χ2n) is 5.51. The van der Waals surface area contributed by atoms with Gasteiger partial charge in [-0.15, -0.1) is 0 Å². The number of benzene rings is 1. The van der Waals surface area contributed by atoms with Crippen LogP contribution in [0.15, 0.2) is 30.3 Å². The van der Waals surface area contributed by atoms with E-state index in [1.165, 1.54) is 0 Å². The zero-order valence-corrected chi connectivity index (χ0v) is 11.6. The highest BCUT2D eigenvalue weighted by Crippen LogP contribution is 2.30. The van der Waals surface area contributed by atoms with E-state index in [4.69, 9.17) is 0 Å². The molecule has 0 spiro atoms. The summed E-state index contributed by atoms with van der Waals surface area (Å²) in [5, 5.41) is 23.7. The lowest BCUT2D eigenvalue weighted by atomic mass is 10.0. The molecule has 0 amide bonds. The number of nitrogens with one attached hydrogen (secondary N) is 1. The highest BCUT2D eigenvalue weighted by atomic mass is 16.4. The van der Waals surface area contributed by atoms with Gasteiger partial charge in [0.05, 0.1) is 0 Å². The molecule has 1 aromatic heterocycles. The Labute approximate surface area is 122 Å². The molecule has 1 aromatic carbocycles. The fourth-order valence-electron chi connectivity index (χ4n) is 3.04. The van der Waals surface area contributed by atoms with Crippen LogP contribution in [0.4, 0.5) is 5.82 Å². The van der Waals surface area contributed by atoms with Crippen LogP contribution in [0.5, 0.6) is 0 Å². The predicted molar refractivity (Wildman–Crippen MR) is 80.5 cm³/mol. The molecule has 2 unspecified atom stereocenters. The van der Waals surface area contributed by atoms with E-state index in [0.29, 0.717) is 5.82 Å². The second kappa shape index (κ2) is 5.69. The van der Waals surface area contributed by atoms with Crippen molar-refractivity contribution in [3.05, 3.63) is 36.0 Å². The van der Waals surface area contributed by atoms with Crippen molar-refractivity contribution in [1.82, 2.24) is 4.98 Å². The summed E-state index contributed by atoms with van der Waals surface area (Å²) < 4.78 is 0. The number of hydrogen-bond acceptors (Lipinski definition) is 4. The van der Waals surface area contributed by atoms with Crippen molar-refractivity contribution in [2.24, 2.45) is 5.92 Å². The number of nitrogens with zero attached hydrogens (tertiary/aromatic N) is 1. The molecule has 2 aromatic rings. The maximum Gasteiger partial charge on any atom is 0.354 e. The van der Waals surface area contributed by atoms with Gasteiger partial charge >= 0.3 is 5.97 Å². The number of carboxylic acids is 1. The summed E-state index contributed by atoms with van der Waals surface area (Å²) in [6, 6.07) is 9.33. The fourth-order valence-corrected chi connectivity index (χ4v) is 3.04. The van der Waals surface area contributed by atoms with Crippen molar-refractivity contribution >= 4 is 22.6 Å². The van der Waals surface area contributed by atoms with Gasteiger partial charge in [-0.1, -0.05) is 30.7 Å². The Hall–Kier alpha value is -2.14. The summed E-state index contributed by atoms with van der Waals surface area (Å²) in [4.78, 5) is 15.5. The Morgan fingerprint density at radius 3 is 2.90 bits per heavy atom. The first kappa shape index (κ1) is 13.8. The number of anilines is 1. The maximum atomic E-state index is 11.2. The van der Waals surface area contributed by atoms with E-state index >= 15 is 0 Å². The predicted octanol–water partition coefficient (Wildman–Crippen LogP) is 2.51. The number of aromatic carboxylic acids is 1. The molecule has 1 aliphatic rings. The zero-order valence-electron chi connectivity index (χ0n) is 11.6. The fraction of sp³-hybridized carbons (Fsp3) is 0.375. The Bertz CT molecular complexity index is 672. The van der Waals surface area contributed by atoms with Crippen LogP contribution in [-0.2, 0) is 0 Å². The summed E-state index contributed by atoms with van der Waals surface area (Å²) in [5.41, 5.74) is 0.0368. The van der Waals surface area contributed by atoms with Gasteiger partial charge in [0.15, 0.2) is 5.69 Å². The normalized spacial score (nSPS) is 21.6. The number of pyridine rings is 1. The molecule has 5 nitrogen and oxygen atoms in total. The summed E-state index contributed by atoms with van der Waals surface area (Å²) in [7, 11) is 0. The van der Waals surface area contributed by atoms with Gasteiger partial charge in [0.25, 0.3) is 0 Å². The number of rotatable bonds is 4. The van der Waals surface area contributed by atoms with Crippen LogP contribution in [0.25, 0.3) is 10.8 Å². The SMILES string of the molecule is O=C(O)c1cc2ccccc2c(NC2CCCC2CO)n1. The van der Waals surface area contributed by atoms with E-state index in [1.807, 2.05) is 24.3 Å². The summed E-state index contributed by atoms with van der Waals surface area (Å²) in [6.45, 7) is 0.147. The average molecular weight is 286 g/mol. The van der Waals surface area contributed by atoms with Gasteiger partial charge in [0.2, 0.25) is 0 Å². The number of hydrogen-bond donors (Lipinski definition) is 3. The molecule has 0 aliphatic heterocycles. The highest BCUT2D eigenvalue weighted by Gasteiger charge is 2.27. The Kier molecular flexibility index (Phi) is 3.75. The lowest BCUT2D eigenvalue weighted by molar-refractivity contribution is 0.0691. The van der Waals surface area contributed by atoms with Crippen LogP contribution < -0.4 is 5.32 Å². The van der Waals surface area contributed by atoms with Crippen LogP contribution in [0.1, 0.15) is 29.8 Å². The van der Waals surface area contributed by atoms with Crippen LogP contribution in [-0.4, -0.2) is 33.8 Å². The molecular formula is C16H18N2O3. The van der Waals surface area contributed by atoms with Crippen molar-refractivity contribution in [2.45, 2.75) is 25.3 Å². The molecule has 21 heavy (non-hydrogen) atoms. The molecule has 5 heteroatoms. The van der Waals surface area contributed by atoms with Gasteiger partial charge in [-0.25, -0.2) is 9.78 Å². The summed E-state index contributed by atoms with van der Waals surface area (Å²) in [5.74, 6) is -0.233. The van der Waals surface area contributed by atoms with E-state index in [2.05, 4.69) is 10.3 Å². The molecule has 1 heterocycles. The monoisotopic (exact) mass is 286 g/mol. The smallest absolute Gasteiger partial charge is 0.354 e. The lowest BCUT2D eigenvalue weighted by Crippen LogP contribution is -2.27. The summed E-state index contributed by atoms with van der Waals surface area (Å²) in [6.07, 6.45) is 3.03. The van der Waals surface area contributed by atoms with Crippen LogP contribution in [0.3, 0.4) is 0 Å². The Morgan fingerprint density at radius 2 is 2.14 bits per heavy atom. The van der Waals surface area contributed by atoms with Gasteiger partial charge in [-0.2, -0.15) is 0 Å². The third-order valence-corrected chi connectivity index (χ3v) is 4.18. The Morgan fingerprint density at radius 1 is 1.33 bits per heavy atom.